The van der Waals surface area contributed by atoms with Crippen LogP contribution < -0.4 is 10.6 Å². The first-order valence-corrected chi connectivity index (χ1v) is 6.16. The number of nitrogens with zero attached hydrogens (tertiary/aromatic N) is 2. The number of aliphatic hydroxyl groups is 1. The Balaban J connectivity index is 2.02. The maximum absolute atomic E-state index is 10.0. The predicted octanol–water partition coefficient (Wildman–Crippen LogP) is 1.54. The summed E-state index contributed by atoms with van der Waals surface area (Å²) in [6.45, 7) is 5.41. The van der Waals surface area contributed by atoms with Crippen LogP contribution in [0, 0.1) is 6.92 Å². The van der Waals surface area contributed by atoms with Crippen LogP contribution in [0.3, 0.4) is 0 Å². The summed E-state index contributed by atoms with van der Waals surface area (Å²) in [5.41, 5.74) is 0.465. The van der Waals surface area contributed by atoms with Crippen molar-refractivity contribution < 1.29 is 5.11 Å². The molecule has 1 aromatic heterocycles. The number of rotatable bonds is 5. The highest BCUT2D eigenvalue weighted by molar-refractivity contribution is 5.56. The second kappa shape index (κ2) is 4.87. The van der Waals surface area contributed by atoms with Crippen molar-refractivity contribution in [2.45, 2.75) is 38.7 Å². The van der Waals surface area contributed by atoms with Gasteiger partial charge in [0.25, 0.3) is 0 Å². The lowest BCUT2D eigenvalue weighted by Gasteiger charge is -2.36. The Morgan fingerprint density at radius 3 is 2.47 bits per heavy atom. The third-order valence-corrected chi connectivity index (χ3v) is 3.30. The molecule has 17 heavy (non-hydrogen) atoms. The normalized spacial score (nSPS) is 17.4. The Hall–Kier alpha value is -1.36. The van der Waals surface area contributed by atoms with E-state index in [4.69, 9.17) is 0 Å². The molecule has 0 saturated heterocycles. The van der Waals surface area contributed by atoms with Crippen molar-refractivity contribution in [1.82, 2.24) is 9.97 Å². The molecule has 1 fully saturated rings. The fraction of sp³-hybridized carbons (Fsp3) is 0.667. The molecule has 0 aromatic carbocycles. The zero-order valence-corrected chi connectivity index (χ0v) is 10.5. The Morgan fingerprint density at radius 2 is 1.94 bits per heavy atom. The van der Waals surface area contributed by atoms with Gasteiger partial charge in [-0.05, 0) is 33.1 Å². The molecule has 94 valence electrons. The van der Waals surface area contributed by atoms with Gasteiger partial charge < -0.3 is 15.7 Å². The Morgan fingerprint density at radius 1 is 1.29 bits per heavy atom. The van der Waals surface area contributed by atoms with Crippen LogP contribution in [0.25, 0.3) is 0 Å². The van der Waals surface area contributed by atoms with Gasteiger partial charge in [0.2, 0.25) is 0 Å². The van der Waals surface area contributed by atoms with Crippen molar-refractivity contribution in [2.75, 3.05) is 23.7 Å². The van der Waals surface area contributed by atoms with E-state index in [1.54, 1.807) is 0 Å². The standard InChI is InChI=1S/C12H20N4O/c1-3-13-10-9(2)11(16-8-15-10)14-7-12(17)5-4-6-12/h8,17H,3-7H2,1-2H3,(H2,13,14,15,16). The lowest BCUT2D eigenvalue weighted by Crippen LogP contribution is -2.43. The highest BCUT2D eigenvalue weighted by Gasteiger charge is 2.34. The van der Waals surface area contributed by atoms with E-state index in [0.29, 0.717) is 6.54 Å². The van der Waals surface area contributed by atoms with E-state index in [-0.39, 0.29) is 0 Å². The minimum absolute atomic E-state index is 0.532. The van der Waals surface area contributed by atoms with E-state index < -0.39 is 5.60 Å². The van der Waals surface area contributed by atoms with Gasteiger partial charge in [-0.2, -0.15) is 0 Å². The molecule has 5 nitrogen and oxygen atoms in total. The number of hydrogen-bond donors (Lipinski definition) is 3. The number of anilines is 2. The first-order chi connectivity index (χ1) is 8.14. The van der Waals surface area contributed by atoms with Crippen molar-refractivity contribution in [3.8, 4) is 0 Å². The molecule has 0 aliphatic heterocycles. The molecule has 1 heterocycles. The average molecular weight is 236 g/mol. The first-order valence-electron chi connectivity index (χ1n) is 6.16. The first kappa shape index (κ1) is 12.1. The molecule has 0 amide bonds. The van der Waals surface area contributed by atoms with Gasteiger partial charge >= 0.3 is 0 Å². The molecule has 5 heteroatoms. The molecular formula is C12H20N4O. The van der Waals surface area contributed by atoms with Crippen molar-refractivity contribution >= 4 is 11.6 Å². The maximum atomic E-state index is 10.0. The van der Waals surface area contributed by atoms with Gasteiger partial charge in [-0.3, -0.25) is 0 Å². The average Bonchev–Trinajstić information content (AvgIpc) is 2.28. The molecule has 0 atom stereocenters. The fourth-order valence-electron chi connectivity index (χ4n) is 1.98. The molecule has 0 spiro atoms. The van der Waals surface area contributed by atoms with Gasteiger partial charge in [0.1, 0.15) is 18.0 Å². The largest absolute Gasteiger partial charge is 0.388 e. The van der Waals surface area contributed by atoms with E-state index in [0.717, 1.165) is 43.0 Å². The monoisotopic (exact) mass is 236 g/mol. The van der Waals surface area contributed by atoms with E-state index >= 15 is 0 Å². The van der Waals surface area contributed by atoms with E-state index in [1.807, 2.05) is 13.8 Å². The van der Waals surface area contributed by atoms with Crippen LogP contribution in [0.2, 0.25) is 0 Å². The second-order valence-corrected chi connectivity index (χ2v) is 4.66. The predicted molar refractivity (Wildman–Crippen MR) is 68.2 cm³/mol. The van der Waals surface area contributed by atoms with Crippen molar-refractivity contribution in [3.63, 3.8) is 0 Å². The zero-order valence-electron chi connectivity index (χ0n) is 10.5. The summed E-state index contributed by atoms with van der Waals surface area (Å²) in [4.78, 5) is 8.39. The molecule has 1 aliphatic carbocycles. The van der Waals surface area contributed by atoms with Crippen LogP contribution in [0.4, 0.5) is 11.6 Å². The van der Waals surface area contributed by atoms with Crippen LogP contribution in [0.1, 0.15) is 31.7 Å². The molecule has 2 rings (SSSR count). The van der Waals surface area contributed by atoms with Gasteiger partial charge in [-0.1, -0.05) is 0 Å². The summed E-state index contributed by atoms with van der Waals surface area (Å²) in [6, 6.07) is 0. The molecule has 0 bridgehead atoms. The smallest absolute Gasteiger partial charge is 0.134 e. The van der Waals surface area contributed by atoms with Crippen molar-refractivity contribution in [1.29, 1.82) is 0 Å². The van der Waals surface area contributed by atoms with Gasteiger partial charge in [0.05, 0.1) is 5.60 Å². The van der Waals surface area contributed by atoms with Crippen LogP contribution in [0.15, 0.2) is 6.33 Å². The fourth-order valence-corrected chi connectivity index (χ4v) is 1.98. The summed E-state index contributed by atoms with van der Waals surface area (Å²) in [5, 5.41) is 16.4. The third-order valence-electron chi connectivity index (χ3n) is 3.30. The summed E-state index contributed by atoms with van der Waals surface area (Å²) in [7, 11) is 0. The molecule has 1 aliphatic rings. The zero-order chi connectivity index (χ0) is 12.3. The highest BCUT2D eigenvalue weighted by atomic mass is 16.3. The minimum Gasteiger partial charge on any atom is -0.388 e. The molecule has 3 N–H and O–H groups in total. The minimum atomic E-state index is -0.532. The topological polar surface area (TPSA) is 70.1 Å². The number of nitrogens with one attached hydrogen (secondary N) is 2. The molecule has 1 aromatic rings. The lowest BCUT2D eigenvalue weighted by atomic mass is 9.80. The number of aromatic nitrogens is 2. The van der Waals surface area contributed by atoms with Crippen LogP contribution in [0.5, 0.6) is 0 Å². The van der Waals surface area contributed by atoms with E-state index in [2.05, 4.69) is 20.6 Å². The SMILES string of the molecule is CCNc1ncnc(NCC2(O)CCC2)c1C. The third kappa shape index (κ3) is 2.66. The summed E-state index contributed by atoms with van der Waals surface area (Å²) >= 11 is 0. The van der Waals surface area contributed by atoms with Crippen LogP contribution in [-0.2, 0) is 0 Å². The van der Waals surface area contributed by atoms with Gasteiger partial charge in [0.15, 0.2) is 0 Å². The van der Waals surface area contributed by atoms with Crippen molar-refractivity contribution in [3.05, 3.63) is 11.9 Å². The molecule has 1 saturated carbocycles. The van der Waals surface area contributed by atoms with Crippen LogP contribution >= 0.6 is 0 Å². The van der Waals surface area contributed by atoms with Gasteiger partial charge in [-0.15, -0.1) is 0 Å². The Labute approximate surface area is 102 Å². The molecular weight excluding hydrogens is 216 g/mol. The highest BCUT2D eigenvalue weighted by Crippen LogP contribution is 2.31. The van der Waals surface area contributed by atoms with E-state index in [1.165, 1.54) is 6.33 Å². The second-order valence-electron chi connectivity index (χ2n) is 4.66. The van der Waals surface area contributed by atoms with Crippen LogP contribution in [-0.4, -0.2) is 33.8 Å². The Kier molecular flexibility index (Phi) is 3.47. The summed E-state index contributed by atoms with van der Waals surface area (Å²) in [6.07, 6.45) is 4.41. The lowest BCUT2D eigenvalue weighted by molar-refractivity contribution is -0.0202. The molecule has 0 unspecified atom stereocenters. The quantitative estimate of drug-likeness (QED) is 0.723. The van der Waals surface area contributed by atoms with Crippen molar-refractivity contribution in [2.24, 2.45) is 0 Å². The summed E-state index contributed by atoms with van der Waals surface area (Å²) < 4.78 is 0. The maximum Gasteiger partial charge on any atom is 0.134 e. The number of hydrogen-bond acceptors (Lipinski definition) is 5. The molecule has 0 radical (unpaired) electrons. The van der Waals surface area contributed by atoms with Gasteiger partial charge in [0, 0.05) is 18.7 Å². The summed E-state index contributed by atoms with van der Waals surface area (Å²) in [5.74, 6) is 1.65. The van der Waals surface area contributed by atoms with Gasteiger partial charge in [-0.25, -0.2) is 9.97 Å². The Bertz CT molecular complexity index is 390. The van der Waals surface area contributed by atoms with E-state index in [9.17, 15) is 5.11 Å².